The highest BCUT2D eigenvalue weighted by Gasteiger charge is 2.37. The van der Waals surface area contributed by atoms with E-state index < -0.39 is 29.6 Å². The Morgan fingerprint density at radius 1 is 1.05 bits per heavy atom. The molecule has 3 aromatic rings. The molecule has 1 amide bonds. The highest BCUT2D eigenvalue weighted by atomic mass is 16.6. The van der Waals surface area contributed by atoms with Crippen LogP contribution in [0.25, 0.3) is 10.9 Å². The first kappa shape index (κ1) is 27.4. The second kappa shape index (κ2) is 11.8. The number of hydrogen-bond acceptors (Lipinski definition) is 6. The number of para-hydroxylation sites is 1. The predicted molar refractivity (Wildman–Crippen MR) is 145 cm³/mol. The zero-order valence-electron chi connectivity index (χ0n) is 22.4. The molecule has 0 spiro atoms. The van der Waals surface area contributed by atoms with Crippen molar-refractivity contribution in [1.82, 2.24) is 9.88 Å². The van der Waals surface area contributed by atoms with Crippen molar-refractivity contribution in [3.05, 3.63) is 71.4 Å². The van der Waals surface area contributed by atoms with Crippen LogP contribution in [-0.2, 0) is 43.4 Å². The molecule has 3 N–H and O–H groups in total. The molecule has 38 heavy (non-hydrogen) atoms. The number of carbonyl (C=O) groups is 3. The fourth-order valence-electron chi connectivity index (χ4n) is 4.78. The molecule has 0 fully saturated rings. The number of nitrogens with two attached hydrogens (primary N) is 1. The molecule has 2 atom stereocenters. The number of carbonyl (C=O) groups excluding carboxylic acids is 3. The molecule has 0 aliphatic carbocycles. The van der Waals surface area contributed by atoms with Crippen LogP contribution in [-0.4, -0.2) is 45.4 Å². The summed E-state index contributed by atoms with van der Waals surface area (Å²) < 4.78 is 11.0. The Bertz CT molecular complexity index is 1280. The standard InChI is InChI=1S/C30H37N3O5/c1-30(2,3)38-28(35)23(31)14-8-10-16-27(34)33-18-25-22(21-13-7-9-15-24(21)32-25)17-26(33)29(36)37-19-20-11-5-4-6-12-20/h4-7,9,11-13,15,23,26,32H,8,10,14,16-19,31H2,1-3H3/t23?,26-/m0/s1. The maximum absolute atomic E-state index is 13.4. The highest BCUT2D eigenvalue weighted by Crippen LogP contribution is 2.31. The third kappa shape index (κ3) is 6.81. The average Bonchev–Trinajstić information content (AvgIpc) is 3.26. The van der Waals surface area contributed by atoms with Crippen molar-refractivity contribution >= 4 is 28.7 Å². The Balaban J connectivity index is 1.41. The highest BCUT2D eigenvalue weighted by molar-refractivity contribution is 5.89. The van der Waals surface area contributed by atoms with E-state index in [1.165, 1.54) is 0 Å². The Kier molecular flexibility index (Phi) is 8.52. The molecule has 202 valence electrons. The SMILES string of the molecule is CC(C)(C)OC(=O)C(N)CCCCC(=O)N1Cc2[nH]c3ccccc3c2C[C@H]1C(=O)OCc1ccccc1. The van der Waals surface area contributed by atoms with E-state index >= 15 is 0 Å². The second-order valence-corrected chi connectivity index (χ2v) is 10.8. The lowest BCUT2D eigenvalue weighted by atomic mass is 9.96. The largest absolute Gasteiger partial charge is 0.459 e. The predicted octanol–water partition coefficient (Wildman–Crippen LogP) is 4.39. The second-order valence-electron chi connectivity index (χ2n) is 10.8. The minimum Gasteiger partial charge on any atom is -0.459 e. The Hall–Kier alpha value is -3.65. The Morgan fingerprint density at radius 3 is 2.50 bits per heavy atom. The van der Waals surface area contributed by atoms with Gasteiger partial charge in [0.2, 0.25) is 5.91 Å². The summed E-state index contributed by atoms with van der Waals surface area (Å²) in [6, 6.07) is 16.0. The number of H-pyrrole nitrogens is 1. The van der Waals surface area contributed by atoms with Crippen LogP contribution in [0.3, 0.4) is 0 Å². The van der Waals surface area contributed by atoms with Crippen LogP contribution >= 0.6 is 0 Å². The van der Waals surface area contributed by atoms with Gasteiger partial charge in [0.25, 0.3) is 0 Å². The minimum absolute atomic E-state index is 0.123. The lowest BCUT2D eigenvalue weighted by Gasteiger charge is -2.34. The van der Waals surface area contributed by atoms with Gasteiger partial charge in [0.1, 0.15) is 24.3 Å². The van der Waals surface area contributed by atoms with Gasteiger partial charge in [-0.05, 0) is 50.8 Å². The fraction of sp³-hybridized carbons (Fsp3) is 0.433. The molecule has 1 aliphatic heterocycles. The summed E-state index contributed by atoms with van der Waals surface area (Å²) in [5, 5.41) is 1.06. The van der Waals surface area contributed by atoms with Crippen molar-refractivity contribution in [2.45, 2.75) is 83.7 Å². The van der Waals surface area contributed by atoms with Crippen molar-refractivity contribution in [2.75, 3.05) is 0 Å². The quantitative estimate of drug-likeness (QED) is 0.320. The van der Waals surface area contributed by atoms with Crippen molar-refractivity contribution in [3.63, 3.8) is 0 Å². The summed E-state index contributed by atoms with van der Waals surface area (Å²) in [7, 11) is 0. The minimum atomic E-state index is -0.728. The van der Waals surface area contributed by atoms with Gasteiger partial charge < -0.3 is 25.1 Å². The normalized spacial score (nSPS) is 16.1. The Morgan fingerprint density at radius 2 is 1.76 bits per heavy atom. The van der Waals surface area contributed by atoms with E-state index in [9.17, 15) is 14.4 Å². The molecule has 1 aromatic heterocycles. The summed E-state index contributed by atoms with van der Waals surface area (Å²) in [4.78, 5) is 43.8. The van der Waals surface area contributed by atoms with Gasteiger partial charge in [-0.25, -0.2) is 4.79 Å². The summed E-state index contributed by atoms with van der Waals surface area (Å²) >= 11 is 0. The van der Waals surface area contributed by atoms with Crippen LogP contribution in [0.4, 0.5) is 0 Å². The van der Waals surface area contributed by atoms with Gasteiger partial charge in [0.15, 0.2) is 0 Å². The first-order valence-corrected chi connectivity index (χ1v) is 13.2. The maximum atomic E-state index is 13.4. The monoisotopic (exact) mass is 519 g/mol. The number of hydrogen-bond donors (Lipinski definition) is 2. The summed E-state index contributed by atoms with van der Waals surface area (Å²) in [6.07, 6.45) is 2.22. The van der Waals surface area contributed by atoms with Crippen LogP contribution in [0.5, 0.6) is 0 Å². The van der Waals surface area contributed by atoms with Crippen LogP contribution in [0.1, 0.15) is 63.3 Å². The molecule has 0 bridgehead atoms. The van der Waals surface area contributed by atoms with Crippen LogP contribution in [0.15, 0.2) is 54.6 Å². The smallest absolute Gasteiger partial charge is 0.329 e. The number of unbranched alkanes of at least 4 members (excludes halogenated alkanes) is 1. The number of amides is 1. The number of fused-ring (bicyclic) bond motifs is 3. The number of rotatable bonds is 9. The average molecular weight is 520 g/mol. The number of ether oxygens (including phenoxy) is 2. The van der Waals surface area contributed by atoms with Crippen molar-refractivity contribution in [3.8, 4) is 0 Å². The topological polar surface area (TPSA) is 115 Å². The van der Waals surface area contributed by atoms with E-state index in [1.54, 1.807) is 25.7 Å². The fourth-order valence-corrected chi connectivity index (χ4v) is 4.78. The van der Waals surface area contributed by atoms with Gasteiger partial charge in [-0.2, -0.15) is 0 Å². The summed E-state index contributed by atoms with van der Waals surface area (Å²) in [6.45, 7) is 5.87. The number of benzene rings is 2. The van der Waals surface area contributed by atoms with Crippen molar-refractivity contribution in [1.29, 1.82) is 0 Å². The molecule has 0 saturated carbocycles. The first-order valence-electron chi connectivity index (χ1n) is 13.2. The zero-order chi connectivity index (χ0) is 27.3. The van der Waals surface area contributed by atoms with Gasteiger partial charge in [0.05, 0.1) is 6.54 Å². The first-order chi connectivity index (χ1) is 18.1. The number of nitrogens with one attached hydrogen (secondary N) is 1. The van der Waals surface area contributed by atoms with E-state index in [2.05, 4.69) is 4.98 Å². The van der Waals surface area contributed by atoms with E-state index in [0.717, 1.165) is 27.7 Å². The molecular weight excluding hydrogens is 482 g/mol. The number of esters is 2. The molecule has 0 saturated heterocycles. The lowest BCUT2D eigenvalue weighted by molar-refractivity contribution is -0.158. The molecule has 2 heterocycles. The number of aromatic nitrogens is 1. The molecule has 8 heteroatoms. The van der Waals surface area contributed by atoms with E-state index in [1.807, 2.05) is 54.6 Å². The zero-order valence-corrected chi connectivity index (χ0v) is 22.4. The van der Waals surface area contributed by atoms with Crippen molar-refractivity contribution in [2.24, 2.45) is 5.73 Å². The van der Waals surface area contributed by atoms with Gasteiger partial charge in [-0.15, -0.1) is 0 Å². The van der Waals surface area contributed by atoms with E-state index in [4.69, 9.17) is 15.2 Å². The number of nitrogens with zero attached hydrogens (tertiary/aromatic N) is 1. The van der Waals surface area contributed by atoms with Gasteiger partial charge in [-0.1, -0.05) is 55.0 Å². The molecule has 0 radical (unpaired) electrons. The van der Waals surface area contributed by atoms with Crippen molar-refractivity contribution < 1.29 is 23.9 Å². The molecule has 8 nitrogen and oxygen atoms in total. The molecule has 1 unspecified atom stereocenters. The van der Waals surface area contributed by atoms with E-state index in [-0.39, 0.29) is 18.9 Å². The van der Waals surface area contributed by atoms with Gasteiger partial charge >= 0.3 is 11.9 Å². The van der Waals surface area contributed by atoms with Crippen LogP contribution < -0.4 is 5.73 Å². The van der Waals surface area contributed by atoms with Gasteiger partial charge in [-0.3, -0.25) is 9.59 Å². The third-order valence-electron chi connectivity index (χ3n) is 6.69. The maximum Gasteiger partial charge on any atom is 0.329 e. The van der Waals surface area contributed by atoms with Crippen LogP contribution in [0, 0.1) is 0 Å². The van der Waals surface area contributed by atoms with E-state index in [0.29, 0.717) is 32.2 Å². The Labute approximate surface area is 223 Å². The third-order valence-corrected chi connectivity index (χ3v) is 6.69. The molecule has 4 rings (SSSR count). The van der Waals surface area contributed by atoms with Gasteiger partial charge in [0, 0.05) is 29.4 Å². The summed E-state index contributed by atoms with van der Waals surface area (Å²) in [5.41, 5.74) is 9.26. The molecule has 1 aliphatic rings. The molecule has 2 aromatic carbocycles. The molecular formula is C30H37N3O5. The van der Waals surface area contributed by atoms with Crippen LogP contribution in [0.2, 0.25) is 0 Å². The summed E-state index contributed by atoms with van der Waals surface area (Å²) in [5.74, 6) is -0.973. The number of aromatic amines is 1. The lowest BCUT2D eigenvalue weighted by Crippen LogP contribution is -2.49.